The van der Waals surface area contributed by atoms with E-state index in [4.69, 9.17) is 9.47 Å². The van der Waals surface area contributed by atoms with E-state index >= 15 is 0 Å². The van der Waals surface area contributed by atoms with Crippen LogP contribution in [-0.2, 0) is 4.79 Å². The molecule has 1 heterocycles. The summed E-state index contributed by atoms with van der Waals surface area (Å²) >= 11 is 1.62. The van der Waals surface area contributed by atoms with Gasteiger partial charge in [-0.25, -0.2) is 4.99 Å². The number of amides is 1. The summed E-state index contributed by atoms with van der Waals surface area (Å²) in [5.74, 6) is 2.17. The molecule has 1 fully saturated rings. The number of hydrogen-bond donors (Lipinski definition) is 0. The Balaban J connectivity index is 1.70. The van der Waals surface area contributed by atoms with Gasteiger partial charge in [-0.1, -0.05) is 36.9 Å². The van der Waals surface area contributed by atoms with Crippen LogP contribution in [0.25, 0.3) is 0 Å². The maximum Gasteiger partial charge on any atom is 0.266 e. The van der Waals surface area contributed by atoms with Gasteiger partial charge >= 0.3 is 0 Å². The highest BCUT2D eigenvalue weighted by Crippen LogP contribution is 2.29. The minimum absolute atomic E-state index is 0.0167. The minimum atomic E-state index is -0.0765. The number of ether oxygens (including phenoxy) is 2. The van der Waals surface area contributed by atoms with Crippen molar-refractivity contribution in [1.82, 2.24) is 4.90 Å². The Morgan fingerprint density at radius 3 is 2.50 bits per heavy atom. The molecule has 0 unspecified atom stereocenters. The molecule has 0 radical (unpaired) electrons. The number of rotatable bonds is 6. The molecule has 2 aromatic rings. The van der Waals surface area contributed by atoms with Gasteiger partial charge in [0, 0.05) is 11.8 Å². The van der Waals surface area contributed by atoms with Gasteiger partial charge in [0.2, 0.25) is 0 Å². The number of hydrogen-bond acceptors (Lipinski definition) is 5. The maximum absolute atomic E-state index is 12.8. The van der Waals surface area contributed by atoms with Gasteiger partial charge in [-0.2, -0.15) is 0 Å². The van der Waals surface area contributed by atoms with Crippen LogP contribution in [0.5, 0.6) is 11.5 Å². The molecule has 0 spiro atoms. The lowest BCUT2D eigenvalue weighted by molar-refractivity contribution is -0.130. The number of carbonyl (C=O) groups excluding carboxylic acids is 1. The molecule has 6 heteroatoms. The Morgan fingerprint density at radius 2 is 1.85 bits per heavy atom. The largest absolute Gasteiger partial charge is 0.497 e. The molecule has 26 heavy (non-hydrogen) atoms. The first-order chi connectivity index (χ1) is 12.7. The number of methoxy groups -OCH3 is 1. The van der Waals surface area contributed by atoms with Gasteiger partial charge in [0.05, 0.1) is 12.8 Å². The lowest BCUT2D eigenvalue weighted by Gasteiger charge is -2.23. The van der Waals surface area contributed by atoms with E-state index in [2.05, 4.69) is 11.9 Å². The highest BCUT2D eigenvalue weighted by molar-refractivity contribution is 8.14. The molecule has 0 saturated carbocycles. The average Bonchev–Trinajstić information content (AvgIpc) is 3.10. The zero-order valence-electron chi connectivity index (χ0n) is 14.9. The van der Waals surface area contributed by atoms with Crippen molar-refractivity contribution < 1.29 is 14.3 Å². The van der Waals surface area contributed by atoms with E-state index in [9.17, 15) is 4.79 Å². The molecule has 1 aliphatic rings. The monoisotopic (exact) mass is 370 g/mol. The van der Waals surface area contributed by atoms with Crippen LogP contribution in [0.1, 0.15) is 13.3 Å². The molecule has 2 aromatic carbocycles. The molecule has 5 nitrogen and oxygen atoms in total. The SMILES string of the molecule is CC[C@H]1CSC(=Nc2ccccc2)N1C(=O)COc1ccc(OC)cc1. The second kappa shape index (κ2) is 8.76. The van der Waals surface area contributed by atoms with Crippen LogP contribution in [0.3, 0.4) is 0 Å². The van der Waals surface area contributed by atoms with Crippen LogP contribution >= 0.6 is 11.8 Å². The Bertz CT molecular complexity index is 762. The van der Waals surface area contributed by atoms with Crippen LogP contribution in [0, 0.1) is 0 Å². The van der Waals surface area contributed by atoms with Gasteiger partial charge in [0.25, 0.3) is 5.91 Å². The van der Waals surface area contributed by atoms with Gasteiger partial charge in [0.15, 0.2) is 11.8 Å². The van der Waals surface area contributed by atoms with Crippen molar-refractivity contribution in [3.8, 4) is 11.5 Å². The molecule has 0 aromatic heterocycles. The Hall–Kier alpha value is -2.47. The van der Waals surface area contributed by atoms with Gasteiger partial charge in [-0.05, 0) is 42.8 Å². The lowest BCUT2D eigenvalue weighted by atomic mass is 10.2. The van der Waals surface area contributed by atoms with Crippen LogP contribution in [0.4, 0.5) is 5.69 Å². The van der Waals surface area contributed by atoms with Gasteiger partial charge in [0.1, 0.15) is 11.5 Å². The van der Waals surface area contributed by atoms with Crippen molar-refractivity contribution in [2.75, 3.05) is 19.5 Å². The van der Waals surface area contributed by atoms with E-state index in [1.54, 1.807) is 35.9 Å². The van der Waals surface area contributed by atoms with E-state index in [0.29, 0.717) is 5.75 Å². The summed E-state index contributed by atoms with van der Waals surface area (Å²) in [7, 11) is 1.61. The molecule has 0 N–H and O–H groups in total. The third-order valence-corrected chi connectivity index (χ3v) is 5.22. The molecule has 1 saturated heterocycles. The summed E-state index contributed by atoms with van der Waals surface area (Å²) < 4.78 is 10.8. The van der Waals surface area contributed by atoms with Crippen molar-refractivity contribution in [3.63, 3.8) is 0 Å². The van der Waals surface area contributed by atoms with Crippen molar-refractivity contribution >= 4 is 28.5 Å². The fourth-order valence-electron chi connectivity index (χ4n) is 2.67. The fourth-order valence-corrected chi connectivity index (χ4v) is 3.95. The smallest absolute Gasteiger partial charge is 0.266 e. The molecule has 1 aliphatic heterocycles. The third kappa shape index (κ3) is 4.38. The molecule has 1 atom stereocenters. The number of para-hydroxylation sites is 1. The van der Waals surface area contributed by atoms with Crippen molar-refractivity contribution in [2.24, 2.45) is 4.99 Å². The summed E-state index contributed by atoms with van der Waals surface area (Å²) in [6.45, 7) is 2.07. The first-order valence-electron chi connectivity index (χ1n) is 8.56. The lowest BCUT2D eigenvalue weighted by Crippen LogP contribution is -2.41. The molecule has 1 amide bonds. The zero-order valence-corrected chi connectivity index (χ0v) is 15.7. The molecular weight excluding hydrogens is 348 g/mol. The second-order valence-corrected chi connectivity index (χ2v) is 6.82. The van der Waals surface area contributed by atoms with Crippen LogP contribution in [0.2, 0.25) is 0 Å². The minimum Gasteiger partial charge on any atom is -0.497 e. The van der Waals surface area contributed by atoms with Crippen LogP contribution in [-0.4, -0.2) is 41.5 Å². The molecule has 0 bridgehead atoms. The summed E-state index contributed by atoms with van der Waals surface area (Å²) in [5.41, 5.74) is 0.848. The predicted octanol–water partition coefficient (Wildman–Crippen LogP) is 4.12. The van der Waals surface area contributed by atoms with E-state index < -0.39 is 0 Å². The predicted molar refractivity (Wildman–Crippen MR) is 105 cm³/mol. The highest BCUT2D eigenvalue weighted by atomic mass is 32.2. The number of benzene rings is 2. The first kappa shape index (κ1) is 18.3. The van der Waals surface area contributed by atoms with E-state index in [1.165, 1.54) is 0 Å². The fraction of sp³-hybridized carbons (Fsp3) is 0.300. The summed E-state index contributed by atoms with van der Waals surface area (Å²) in [6, 6.07) is 17.0. The van der Waals surface area contributed by atoms with Crippen LogP contribution in [0.15, 0.2) is 59.6 Å². The average molecular weight is 370 g/mol. The molecular formula is C20H22N2O3S. The number of amidine groups is 1. The van der Waals surface area contributed by atoms with E-state index in [0.717, 1.165) is 28.8 Å². The maximum atomic E-state index is 12.8. The van der Waals surface area contributed by atoms with Gasteiger partial charge in [-0.15, -0.1) is 0 Å². The zero-order chi connectivity index (χ0) is 18.4. The normalized spacial score (nSPS) is 18.2. The standard InChI is InChI=1S/C20H22N2O3S/c1-3-16-14-26-20(21-15-7-5-4-6-8-15)22(16)19(23)13-25-18-11-9-17(24-2)10-12-18/h4-12,16H,3,13-14H2,1-2H3/t16-/m0/s1. The quantitative estimate of drug-likeness (QED) is 0.768. The van der Waals surface area contributed by atoms with Gasteiger partial charge < -0.3 is 9.47 Å². The van der Waals surface area contributed by atoms with Crippen molar-refractivity contribution in [2.45, 2.75) is 19.4 Å². The Morgan fingerprint density at radius 1 is 1.15 bits per heavy atom. The van der Waals surface area contributed by atoms with Gasteiger partial charge in [-0.3, -0.25) is 9.69 Å². The van der Waals surface area contributed by atoms with E-state index in [-0.39, 0.29) is 18.6 Å². The second-order valence-electron chi connectivity index (χ2n) is 5.83. The third-order valence-electron chi connectivity index (χ3n) is 4.12. The molecule has 3 rings (SSSR count). The Labute approximate surface area is 158 Å². The van der Waals surface area contributed by atoms with Crippen molar-refractivity contribution in [3.05, 3.63) is 54.6 Å². The summed E-state index contributed by atoms with van der Waals surface area (Å²) in [4.78, 5) is 19.2. The van der Waals surface area contributed by atoms with E-state index in [1.807, 2.05) is 42.5 Å². The molecule has 136 valence electrons. The summed E-state index contributed by atoms with van der Waals surface area (Å²) in [5, 5.41) is 0.742. The molecule has 0 aliphatic carbocycles. The number of nitrogens with zero attached hydrogens (tertiary/aromatic N) is 2. The first-order valence-corrected chi connectivity index (χ1v) is 9.55. The number of carbonyl (C=O) groups is 1. The number of thioether (sulfide) groups is 1. The van der Waals surface area contributed by atoms with Crippen molar-refractivity contribution in [1.29, 1.82) is 0 Å². The topological polar surface area (TPSA) is 51.1 Å². The Kier molecular flexibility index (Phi) is 6.17. The highest BCUT2D eigenvalue weighted by Gasteiger charge is 2.34. The number of aliphatic imine (C=N–C) groups is 1. The summed E-state index contributed by atoms with van der Waals surface area (Å²) in [6.07, 6.45) is 0.884. The van der Waals surface area contributed by atoms with Crippen LogP contribution < -0.4 is 9.47 Å².